The van der Waals surface area contributed by atoms with Gasteiger partial charge in [0.05, 0.1) is 6.54 Å². The Kier molecular flexibility index (Phi) is 10.9. The first-order chi connectivity index (χ1) is 15.5. The second kappa shape index (κ2) is 13.4. The van der Waals surface area contributed by atoms with Crippen LogP contribution in [0.5, 0.6) is 0 Å². The Hall–Kier alpha value is -2.36. The number of guanidine groups is 1. The number of aliphatic imine (C=N–C) groups is 1. The number of benzene rings is 1. The third kappa shape index (κ3) is 8.17. The molecule has 180 valence electrons. The van der Waals surface area contributed by atoms with E-state index in [4.69, 9.17) is 4.99 Å². The number of aromatic nitrogens is 1. The molecule has 1 aliphatic rings. The van der Waals surface area contributed by atoms with Crippen molar-refractivity contribution in [2.24, 2.45) is 4.99 Å². The van der Waals surface area contributed by atoms with Crippen molar-refractivity contribution in [2.75, 3.05) is 50.7 Å². The summed E-state index contributed by atoms with van der Waals surface area (Å²) in [7, 11) is 0. The molecular weight excluding hydrogens is 527 g/mol. The van der Waals surface area contributed by atoms with Crippen molar-refractivity contribution in [3.8, 4) is 0 Å². The van der Waals surface area contributed by atoms with E-state index in [1.807, 2.05) is 42.3 Å². The lowest BCUT2D eigenvalue weighted by Crippen LogP contribution is -2.49. The largest absolute Gasteiger partial charge is 0.357 e. The van der Waals surface area contributed by atoms with Crippen molar-refractivity contribution in [2.45, 2.75) is 32.6 Å². The van der Waals surface area contributed by atoms with Crippen LogP contribution in [-0.2, 0) is 10.2 Å². The number of piperazine rings is 1. The number of anilines is 1. The number of carbonyl (C=O) groups is 1. The molecule has 0 atom stereocenters. The number of nitrogens with zero attached hydrogens (tertiary/aromatic N) is 4. The minimum Gasteiger partial charge on any atom is -0.357 e. The Morgan fingerprint density at radius 3 is 2.36 bits per heavy atom. The van der Waals surface area contributed by atoms with Gasteiger partial charge >= 0.3 is 0 Å². The molecule has 1 fully saturated rings. The van der Waals surface area contributed by atoms with Crippen LogP contribution in [0.15, 0.2) is 59.7 Å². The molecule has 33 heavy (non-hydrogen) atoms. The molecule has 8 heteroatoms. The Bertz CT molecular complexity index is 867. The van der Waals surface area contributed by atoms with Crippen LogP contribution in [0.4, 0.5) is 5.82 Å². The Labute approximate surface area is 215 Å². The molecule has 1 aromatic carbocycles. The number of amides is 1. The SMILES string of the molecule is CCNC(=NCC(C)(C)c1ccccc1)NCCC(=O)N1CCN(c2ccccn2)CC1.I. The molecule has 0 saturated carbocycles. The number of halogens is 1. The zero-order chi connectivity index (χ0) is 22.8. The highest BCUT2D eigenvalue weighted by Gasteiger charge is 2.22. The summed E-state index contributed by atoms with van der Waals surface area (Å²) >= 11 is 0. The van der Waals surface area contributed by atoms with E-state index in [1.54, 1.807) is 0 Å². The van der Waals surface area contributed by atoms with Crippen LogP contribution in [0.25, 0.3) is 0 Å². The summed E-state index contributed by atoms with van der Waals surface area (Å²) in [4.78, 5) is 26.0. The molecular formula is C25H37IN6O. The average molecular weight is 565 g/mol. The van der Waals surface area contributed by atoms with Gasteiger partial charge in [-0.05, 0) is 24.6 Å². The van der Waals surface area contributed by atoms with Crippen molar-refractivity contribution in [3.05, 3.63) is 60.3 Å². The summed E-state index contributed by atoms with van der Waals surface area (Å²) in [6, 6.07) is 16.4. The fourth-order valence-electron chi connectivity index (χ4n) is 3.77. The second-order valence-corrected chi connectivity index (χ2v) is 8.68. The van der Waals surface area contributed by atoms with Gasteiger partial charge < -0.3 is 20.4 Å². The van der Waals surface area contributed by atoms with Gasteiger partial charge in [0.25, 0.3) is 0 Å². The van der Waals surface area contributed by atoms with E-state index >= 15 is 0 Å². The molecule has 2 N–H and O–H groups in total. The molecule has 1 amide bonds. The molecule has 0 unspecified atom stereocenters. The number of carbonyl (C=O) groups excluding carboxylic acids is 1. The maximum Gasteiger partial charge on any atom is 0.224 e. The van der Waals surface area contributed by atoms with Gasteiger partial charge in [-0.15, -0.1) is 24.0 Å². The predicted molar refractivity (Wildman–Crippen MR) is 147 cm³/mol. The molecule has 7 nitrogen and oxygen atoms in total. The summed E-state index contributed by atoms with van der Waals surface area (Å²) in [6.45, 7) is 11.5. The fraction of sp³-hybridized carbons (Fsp3) is 0.480. The molecule has 0 aliphatic carbocycles. The summed E-state index contributed by atoms with van der Waals surface area (Å²) in [5.41, 5.74) is 1.20. The highest BCUT2D eigenvalue weighted by molar-refractivity contribution is 14.0. The van der Waals surface area contributed by atoms with E-state index in [0.29, 0.717) is 19.5 Å². The van der Waals surface area contributed by atoms with Crippen molar-refractivity contribution in [1.29, 1.82) is 0 Å². The first-order valence-electron chi connectivity index (χ1n) is 11.5. The van der Waals surface area contributed by atoms with E-state index in [0.717, 1.165) is 44.5 Å². The number of pyridine rings is 1. The summed E-state index contributed by atoms with van der Waals surface area (Å²) in [5, 5.41) is 6.60. The number of hydrogen-bond donors (Lipinski definition) is 2. The molecule has 1 aliphatic heterocycles. The second-order valence-electron chi connectivity index (χ2n) is 8.68. The first-order valence-corrected chi connectivity index (χ1v) is 11.5. The lowest BCUT2D eigenvalue weighted by Gasteiger charge is -2.35. The van der Waals surface area contributed by atoms with Crippen molar-refractivity contribution in [1.82, 2.24) is 20.5 Å². The van der Waals surface area contributed by atoms with Crippen molar-refractivity contribution < 1.29 is 4.79 Å². The third-order valence-electron chi connectivity index (χ3n) is 5.77. The van der Waals surface area contributed by atoms with Crippen molar-refractivity contribution in [3.63, 3.8) is 0 Å². The summed E-state index contributed by atoms with van der Waals surface area (Å²) in [6.07, 6.45) is 2.26. The summed E-state index contributed by atoms with van der Waals surface area (Å²) < 4.78 is 0. The Morgan fingerprint density at radius 2 is 1.73 bits per heavy atom. The maximum atomic E-state index is 12.7. The Balaban J connectivity index is 0.00000385. The molecule has 0 bridgehead atoms. The molecule has 1 aromatic heterocycles. The normalized spacial score (nSPS) is 14.5. The van der Waals surface area contributed by atoms with Crippen LogP contribution in [0.1, 0.15) is 32.8 Å². The standard InChI is InChI=1S/C25H36N6O.HI/c1-4-26-24(29-20-25(2,3)21-10-6-5-7-11-21)28-15-13-23(32)31-18-16-30(17-19-31)22-12-8-9-14-27-22;/h5-12,14H,4,13,15-20H2,1-3H3,(H2,26,28,29);1H. The minimum atomic E-state index is -0.0628. The van der Waals surface area contributed by atoms with Crippen LogP contribution >= 0.6 is 24.0 Å². The van der Waals surface area contributed by atoms with Gasteiger partial charge in [-0.1, -0.05) is 50.2 Å². The number of hydrogen-bond acceptors (Lipinski definition) is 4. The van der Waals surface area contributed by atoms with E-state index in [-0.39, 0.29) is 35.3 Å². The molecule has 0 radical (unpaired) electrons. The first kappa shape index (κ1) is 26.9. The molecule has 2 heterocycles. The molecule has 3 rings (SSSR count). The van der Waals surface area contributed by atoms with Crippen LogP contribution in [-0.4, -0.2) is 67.6 Å². The minimum absolute atomic E-state index is 0. The van der Waals surface area contributed by atoms with Gasteiger partial charge in [-0.2, -0.15) is 0 Å². The highest BCUT2D eigenvalue weighted by Crippen LogP contribution is 2.23. The predicted octanol–water partition coefficient (Wildman–Crippen LogP) is 3.27. The number of nitrogens with one attached hydrogen (secondary N) is 2. The van der Waals surface area contributed by atoms with Gasteiger partial charge in [0, 0.05) is 57.3 Å². The zero-order valence-electron chi connectivity index (χ0n) is 20.0. The molecule has 1 saturated heterocycles. The van der Waals surface area contributed by atoms with Gasteiger partial charge in [-0.25, -0.2) is 4.98 Å². The molecule has 0 spiro atoms. The lowest BCUT2D eigenvalue weighted by molar-refractivity contribution is -0.131. The van der Waals surface area contributed by atoms with Crippen LogP contribution in [0, 0.1) is 0 Å². The topological polar surface area (TPSA) is 72.9 Å². The lowest BCUT2D eigenvalue weighted by atomic mass is 9.85. The fourth-order valence-corrected chi connectivity index (χ4v) is 3.77. The van der Waals surface area contributed by atoms with E-state index in [1.165, 1.54) is 5.56 Å². The smallest absolute Gasteiger partial charge is 0.224 e. The van der Waals surface area contributed by atoms with Crippen LogP contribution in [0.3, 0.4) is 0 Å². The monoisotopic (exact) mass is 564 g/mol. The van der Waals surface area contributed by atoms with Crippen LogP contribution in [0.2, 0.25) is 0 Å². The van der Waals surface area contributed by atoms with E-state index < -0.39 is 0 Å². The van der Waals surface area contributed by atoms with E-state index in [2.05, 4.69) is 58.6 Å². The molecule has 2 aromatic rings. The number of rotatable bonds is 8. The van der Waals surface area contributed by atoms with Crippen molar-refractivity contribution >= 4 is 41.7 Å². The average Bonchev–Trinajstić information content (AvgIpc) is 2.83. The highest BCUT2D eigenvalue weighted by atomic mass is 127. The van der Waals surface area contributed by atoms with Gasteiger partial charge in [0.15, 0.2) is 5.96 Å². The zero-order valence-corrected chi connectivity index (χ0v) is 22.3. The van der Waals surface area contributed by atoms with Crippen LogP contribution < -0.4 is 15.5 Å². The quantitative estimate of drug-likeness (QED) is 0.293. The Morgan fingerprint density at radius 1 is 1.03 bits per heavy atom. The van der Waals surface area contributed by atoms with Gasteiger partial charge in [0.2, 0.25) is 5.91 Å². The maximum absolute atomic E-state index is 12.7. The van der Waals surface area contributed by atoms with Gasteiger partial charge in [-0.3, -0.25) is 9.79 Å². The summed E-state index contributed by atoms with van der Waals surface area (Å²) in [5.74, 6) is 1.91. The van der Waals surface area contributed by atoms with E-state index in [9.17, 15) is 4.79 Å². The third-order valence-corrected chi connectivity index (χ3v) is 5.77. The van der Waals surface area contributed by atoms with Gasteiger partial charge in [0.1, 0.15) is 5.82 Å².